The molecule has 0 aromatic heterocycles. The van der Waals surface area contributed by atoms with Gasteiger partial charge in [-0.15, -0.1) is 0 Å². The van der Waals surface area contributed by atoms with E-state index in [2.05, 4.69) is 13.0 Å². The zero-order chi connectivity index (χ0) is 9.81. The van der Waals surface area contributed by atoms with Gasteiger partial charge in [0, 0.05) is 12.3 Å². The molecule has 1 aliphatic heterocycles. The van der Waals surface area contributed by atoms with Crippen molar-refractivity contribution >= 4 is 0 Å². The molecule has 78 valence electrons. The van der Waals surface area contributed by atoms with Crippen molar-refractivity contribution in [2.45, 2.75) is 25.6 Å². The summed E-state index contributed by atoms with van der Waals surface area (Å²) in [7, 11) is 0. The van der Waals surface area contributed by atoms with Crippen molar-refractivity contribution in [1.82, 2.24) is 0 Å². The van der Waals surface area contributed by atoms with Crippen molar-refractivity contribution in [3.05, 3.63) is 11.6 Å². The minimum Gasteiger partial charge on any atom is -0.392 e. The topological polar surface area (TPSA) is 38.7 Å². The summed E-state index contributed by atoms with van der Waals surface area (Å²) in [5.74, 6) is 0.0186. The summed E-state index contributed by atoms with van der Waals surface area (Å²) in [4.78, 5) is 0. The van der Waals surface area contributed by atoms with E-state index in [-0.39, 0.29) is 17.8 Å². The Morgan fingerprint density at radius 2 is 2.21 bits per heavy atom. The van der Waals surface area contributed by atoms with E-state index in [1.807, 2.05) is 0 Å². The van der Waals surface area contributed by atoms with Crippen LogP contribution in [0, 0.1) is 11.3 Å². The number of hydrogen-bond donors (Lipinski definition) is 1. The maximum absolute atomic E-state index is 9.23. The molecule has 2 bridgehead atoms. The van der Waals surface area contributed by atoms with Gasteiger partial charge in [0.25, 0.3) is 0 Å². The maximum atomic E-state index is 9.23. The Balaban J connectivity index is 1.95. The molecule has 0 unspecified atom stereocenters. The van der Waals surface area contributed by atoms with E-state index in [0.29, 0.717) is 5.92 Å². The van der Waals surface area contributed by atoms with Crippen LogP contribution in [-0.4, -0.2) is 30.7 Å². The molecule has 2 aliphatic carbocycles. The number of aliphatic hydroxyl groups excluding tert-OH is 1. The molecular weight excluding hydrogens is 180 g/mol. The zero-order valence-electron chi connectivity index (χ0n) is 8.45. The van der Waals surface area contributed by atoms with Crippen LogP contribution in [0.5, 0.6) is 0 Å². The van der Waals surface area contributed by atoms with Gasteiger partial charge in [-0.25, -0.2) is 0 Å². The molecule has 2 atom stereocenters. The van der Waals surface area contributed by atoms with Gasteiger partial charge in [-0.1, -0.05) is 13.0 Å². The molecule has 0 amide bonds. The van der Waals surface area contributed by atoms with E-state index < -0.39 is 0 Å². The van der Waals surface area contributed by atoms with Gasteiger partial charge in [-0.05, 0) is 17.4 Å². The fourth-order valence-corrected chi connectivity index (χ4v) is 3.29. The molecule has 1 heterocycles. The average Bonchev–Trinajstić information content (AvgIpc) is 2.77. The van der Waals surface area contributed by atoms with Gasteiger partial charge in [-0.3, -0.25) is 0 Å². The highest BCUT2D eigenvalue weighted by Gasteiger charge is 2.60. The number of ether oxygens (including phenoxy) is 2. The summed E-state index contributed by atoms with van der Waals surface area (Å²) in [6, 6.07) is 0. The molecule has 0 aromatic carbocycles. The average molecular weight is 196 g/mol. The Labute approximate surface area is 83.7 Å². The van der Waals surface area contributed by atoms with Crippen LogP contribution >= 0.6 is 0 Å². The summed E-state index contributed by atoms with van der Waals surface area (Å²) in [6.07, 6.45) is 4.15. The molecule has 3 rings (SSSR count). The van der Waals surface area contributed by atoms with E-state index in [0.717, 1.165) is 26.1 Å². The van der Waals surface area contributed by atoms with E-state index in [1.165, 1.54) is 5.57 Å². The minimum absolute atomic E-state index is 0.115. The Bertz CT molecular complexity index is 291. The van der Waals surface area contributed by atoms with Crippen molar-refractivity contribution < 1.29 is 14.6 Å². The molecule has 1 saturated heterocycles. The van der Waals surface area contributed by atoms with E-state index in [9.17, 15) is 5.11 Å². The van der Waals surface area contributed by atoms with Crippen LogP contribution in [0.1, 0.15) is 19.8 Å². The smallest absolute Gasteiger partial charge is 0.175 e. The van der Waals surface area contributed by atoms with Gasteiger partial charge in [0.05, 0.1) is 19.8 Å². The van der Waals surface area contributed by atoms with Crippen molar-refractivity contribution in [2.24, 2.45) is 11.3 Å². The van der Waals surface area contributed by atoms with E-state index in [1.54, 1.807) is 0 Å². The summed E-state index contributed by atoms with van der Waals surface area (Å²) >= 11 is 0. The largest absolute Gasteiger partial charge is 0.392 e. The molecule has 1 saturated carbocycles. The lowest BCUT2D eigenvalue weighted by molar-refractivity contribution is -0.177. The van der Waals surface area contributed by atoms with Crippen LogP contribution in [0.4, 0.5) is 0 Å². The first-order chi connectivity index (χ1) is 6.69. The lowest BCUT2D eigenvalue weighted by Gasteiger charge is -2.33. The second-order valence-electron chi connectivity index (χ2n) is 4.91. The second-order valence-corrected chi connectivity index (χ2v) is 4.91. The lowest BCUT2D eigenvalue weighted by Crippen LogP contribution is -2.37. The highest BCUT2D eigenvalue weighted by atomic mass is 16.7. The predicted octanol–water partition coefficient (Wildman–Crippen LogP) is 1.08. The number of rotatable bonds is 1. The Hall–Kier alpha value is -0.380. The molecule has 3 heteroatoms. The zero-order valence-corrected chi connectivity index (χ0v) is 8.45. The monoisotopic (exact) mass is 196 g/mol. The van der Waals surface area contributed by atoms with Gasteiger partial charge in [0.2, 0.25) is 0 Å². The van der Waals surface area contributed by atoms with Gasteiger partial charge < -0.3 is 14.6 Å². The van der Waals surface area contributed by atoms with Gasteiger partial charge in [0.1, 0.15) is 0 Å². The summed E-state index contributed by atoms with van der Waals surface area (Å²) in [6.45, 7) is 3.82. The van der Waals surface area contributed by atoms with Crippen LogP contribution in [0.25, 0.3) is 0 Å². The first-order valence-corrected chi connectivity index (χ1v) is 5.28. The predicted molar refractivity (Wildman–Crippen MR) is 50.6 cm³/mol. The summed E-state index contributed by atoms with van der Waals surface area (Å²) in [5.41, 5.74) is 1.29. The molecule has 1 spiro atoms. The highest BCUT2D eigenvalue weighted by molar-refractivity contribution is 5.30. The van der Waals surface area contributed by atoms with E-state index in [4.69, 9.17) is 9.47 Å². The van der Waals surface area contributed by atoms with Gasteiger partial charge >= 0.3 is 0 Å². The second kappa shape index (κ2) is 2.60. The molecule has 1 N–H and O–H groups in total. The normalized spacial score (nSPS) is 43.6. The third-order valence-corrected chi connectivity index (χ3v) is 4.00. The van der Waals surface area contributed by atoms with Crippen molar-refractivity contribution in [3.8, 4) is 0 Å². The van der Waals surface area contributed by atoms with Crippen molar-refractivity contribution in [2.75, 3.05) is 19.8 Å². The van der Waals surface area contributed by atoms with Crippen LogP contribution in [0.15, 0.2) is 11.6 Å². The molecule has 3 nitrogen and oxygen atoms in total. The fraction of sp³-hybridized carbons (Fsp3) is 0.818. The highest BCUT2D eigenvalue weighted by Crippen LogP contribution is 2.60. The third kappa shape index (κ3) is 0.926. The molecular formula is C11H16O3. The Morgan fingerprint density at radius 3 is 2.71 bits per heavy atom. The van der Waals surface area contributed by atoms with Gasteiger partial charge in [0.15, 0.2) is 5.79 Å². The van der Waals surface area contributed by atoms with Crippen LogP contribution in [0.3, 0.4) is 0 Å². The van der Waals surface area contributed by atoms with Crippen LogP contribution < -0.4 is 0 Å². The summed E-state index contributed by atoms with van der Waals surface area (Å²) in [5, 5.41) is 9.23. The SMILES string of the molecule is C[C@@]12C[C@@H](C=C1CO)C1(C2)OCCO1. The third-order valence-electron chi connectivity index (χ3n) is 4.00. The quantitative estimate of drug-likeness (QED) is 0.638. The number of hydrogen-bond acceptors (Lipinski definition) is 3. The lowest BCUT2D eigenvalue weighted by atomic mass is 9.81. The molecule has 0 radical (unpaired) electrons. The maximum Gasteiger partial charge on any atom is 0.175 e. The molecule has 2 fully saturated rings. The molecule has 0 aromatic rings. The molecule has 3 aliphatic rings. The van der Waals surface area contributed by atoms with E-state index >= 15 is 0 Å². The number of aliphatic hydroxyl groups is 1. The Kier molecular flexibility index (Phi) is 1.65. The van der Waals surface area contributed by atoms with Crippen molar-refractivity contribution in [1.29, 1.82) is 0 Å². The summed E-state index contributed by atoms with van der Waals surface area (Å²) < 4.78 is 11.5. The minimum atomic E-state index is -0.340. The first-order valence-electron chi connectivity index (χ1n) is 5.28. The number of fused-ring (bicyclic) bond motifs is 3. The first kappa shape index (κ1) is 8.89. The van der Waals surface area contributed by atoms with Crippen molar-refractivity contribution in [3.63, 3.8) is 0 Å². The van der Waals surface area contributed by atoms with Gasteiger partial charge in [-0.2, -0.15) is 0 Å². The van der Waals surface area contributed by atoms with Crippen LogP contribution in [0.2, 0.25) is 0 Å². The van der Waals surface area contributed by atoms with Crippen LogP contribution in [-0.2, 0) is 9.47 Å². The Morgan fingerprint density at radius 1 is 1.50 bits per heavy atom. The molecule has 14 heavy (non-hydrogen) atoms. The standard InChI is InChI=1S/C11H16O3/c1-10-5-8(4-9(10)6-12)11(7-10)13-2-3-14-11/h4,8,12H,2-3,5-7H2,1H3/t8-,10+/m1/s1. The fourth-order valence-electron chi connectivity index (χ4n) is 3.29.